The van der Waals surface area contributed by atoms with Crippen molar-refractivity contribution in [2.45, 2.75) is 24.0 Å². The fraction of sp³-hybridized carbons (Fsp3) is 0.286. The number of hydrogen-bond acceptors (Lipinski definition) is 4. The quantitative estimate of drug-likeness (QED) is 0.850. The van der Waals surface area contributed by atoms with Crippen LogP contribution in [0.1, 0.15) is 17.4 Å². The molecule has 2 rings (SSSR count). The summed E-state index contributed by atoms with van der Waals surface area (Å²) in [6.07, 6.45) is 0.773. The van der Waals surface area contributed by atoms with Gasteiger partial charge in [-0.2, -0.15) is 0 Å². The summed E-state index contributed by atoms with van der Waals surface area (Å²) in [5.74, 6) is 0.507. The highest BCUT2D eigenvalue weighted by atomic mass is 32.2. The first kappa shape index (κ1) is 14.1. The number of methoxy groups -OCH3 is 1. The van der Waals surface area contributed by atoms with Gasteiger partial charge >= 0.3 is 0 Å². The number of benzene rings is 1. The molecule has 0 spiro atoms. The molecule has 0 bridgehead atoms. The Kier molecular flexibility index (Phi) is 4.27. The lowest BCUT2D eigenvalue weighted by atomic mass is 10.2. The van der Waals surface area contributed by atoms with Crippen LogP contribution in [0.3, 0.4) is 0 Å². The van der Waals surface area contributed by atoms with Crippen molar-refractivity contribution >= 4 is 21.2 Å². The van der Waals surface area contributed by atoms with Gasteiger partial charge in [-0.1, -0.05) is 37.3 Å². The summed E-state index contributed by atoms with van der Waals surface area (Å²) in [5, 5.41) is 1.68. The monoisotopic (exact) mass is 296 g/mol. The molecule has 0 aliphatic carbocycles. The van der Waals surface area contributed by atoms with Crippen molar-refractivity contribution in [2.75, 3.05) is 7.11 Å². The maximum Gasteiger partial charge on any atom is 0.187 e. The van der Waals surface area contributed by atoms with E-state index in [1.54, 1.807) is 5.38 Å². The van der Waals surface area contributed by atoms with Crippen LogP contribution in [0.15, 0.2) is 40.6 Å². The van der Waals surface area contributed by atoms with Crippen LogP contribution in [-0.4, -0.2) is 15.5 Å². The van der Waals surface area contributed by atoms with Gasteiger partial charge < -0.3 is 4.74 Å². The van der Waals surface area contributed by atoms with Gasteiger partial charge in [-0.05, 0) is 12.0 Å². The molecule has 3 nitrogen and oxygen atoms in total. The van der Waals surface area contributed by atoms with Crippen LogP contribution in [0.25, 0.3) is 0 Å². The van der Waals surface area contributed by atoms with Crippen LogP contribution in [0.2, 0.25) is 0 Å². The Hall–Kier alpha value is -1.33. The standard InChI is InChI=1S/C14H16O3S2/c1-3-12-14(17-2)13(9-18-12)19(15,16)10-11-7-5-4-6-8-11/h4-9H,3,10H2,1-2H3. The molecule has 0 aliphatic heterocycles. The molecule has 2 aromatic rings. The Bertz CT molecular complexity index is 643. The van der Waals surface area contributed by atoms with E-state index in [1.807, 2.05) is 37.3 Å². The predicted octanol–water partition coefficient (Wildman–Crippen LogP) is 3.29. The smallest absolute Gasteiger partial charge is 0.187 e. The third-order valence-electron chi connectivity index (χ3n) is 2.85. The summed E-state index contributed by atoms with van der Waals surface area (Å²) >= 11 is 1.43. The molecule has 1 aromatic carbocycles. The summed E-state index contributed by atoms with van der Waals surface area (Å²) in [5.41, 5.74) is 0.786. The topological polar surface area (TPSA) is 43.4 Å². The fourth-order valence-electron chi connectivity index (χ4n) is 1.91. The van der Waals surface area contributed by atoms with Crippen molar-refractivity contribution in [3.63, 3.8) is 0 Å². The summed E-state index contributed by atoms with van der Waals surface area (Å²) in [4.78, 5) is 1.27. The number of thiophene rings is 1. The largest absolute Gasteiger partial charge is 0.494 e. The van der Waals surface area contributed by atoms with E-state index in [1.165, 1.54) is 18.4 Å². The van der Waals surface area contributed by atoms with E-state index < -0.39 is 9.84 Å². The van der Waals surface area contributed by atoms with Crippen molar-refractivity contribution in [3.05, 3.63) is 46.2 Å². The number of aryl methyl sites for hydroxylation is 1. The zero-order chi connectivity index (χ0) is 13.9. The van der Waals surface area contributed by atoms with Crippen LogP contribution < -0.4 is 4.74 Å². The lowest BCUT2D eigenvalue weighted by Crippen LogP contribution is -2.05. The molecular weight excluding hydrogens is 280 g/mol. The predicted molar refractivity (Wildman–Crippen MR) is 77.6 cm³/mol. The molecule has 0 atom stereocenters. The molecule has 19 heavy (non-hydrogen) atoms. The molecule has 0 unspecified atom stereocenters. The van der Waals surface area contributed by atoms with E-state index in [9.17, 15) is 8.42 Å². The van der Waals surface area contributed by atoms with Gasteiger partial charge in [0.15, 0.2) is 15.6 Å². The molecule has 0 fully saturated rings. The summed E-state index contributed by atoms with van der Waals surface area (Å²) in [7, 11) is -1.84. The maximum absolute atomic E-state index is 12.4. The third kappa shape index (κ3) is 2.98. The molecule has 0 saturated heterocycles. The van der Waals surface area contributed by atoms with Crippen LogP contribution in [0, 0.1) is 0 Å². The molecule has 0 amide bonds. The van der Waals surface area contributed by atoms with E-state index in [0.717, 1.165) is 16.9 Å². The zero-order valence-corrected chi connectivity index (χ0v) is 12.6. The van der Waals surface area contributed by atoms with Gasteiger partial charge in [-0.25, -0.2) is 8.42 Å². The average molecular weight is 296 g/mol. The van der Waals surface area contributed by atoms with Crippen molar-refractivity contribution in [2.24, 2.45) is 0 Å². The van der Waals surface area contributed by atoms with Crippen molar-refractivity contribution < 1.29 is 13.2 Å². The van der Waals surface area contributed by atoms with Crippen molar-refractivity contribution in [1.82, 2.24) is 0 Å². The molecule has 0 N–H and O–H groups in total. The number of hydrogen-bond donors (Lipinski definition) is 0. The Labute approximate surface area is 117 Å². The number of ether oxygens (including phenoxy) is 1. The molecule has 0 saturated carbocycles. The number of rotatable bonds is 5. The SMILES string of the molecule is CCc1scc(S(=O)(=O)Cc2ccccc2)c1OC. The Morgan fingerprint density at radius 1 is 1.21 bits per heavy atom. The van der Waals surface area contributed by atoms with E-state index >= 15 is 0 Å². The summed E-state index contributed by atoms with van der Waals surface area (Å²) in [6, 6.07) is 9.19. The van der Waals surface area contributed by atoms with Crippen LogP contribution in [0.4, 0.5) is 0 Å². The Morgan fingerprint density at radius 2 is 1.89 bits per heavy atom. The minimum absolute atomic E-state index is 0.00406. The van der Waals surface area contributed by atoms with Crippen molar-refractivity contribution in [3.8, 4) is 5.75 Å². The highest BCUT2D eigenvalue weighted by Crippen LogP contribution is 2.35. The first-order chi connectivity index (χ1) is 9.08. The minimum atomic E-state index is -3.36. The second-order valence-electron chi connectivity index (χ2n) is 4.15. The lowest BCUT2D eigenvalue weighted by molar-refractivity contribution is 0.401. The average Bonchev–Trinajstić information content (AvgIpc) is 2.83. The van der Waals surface area contributed by atoms with E-state index in [0.29, 0.717) is 10.6 Å². The second-order valence-corrected chi connectivity index (χ2v) is 7.08. The zero-order valence-electron chi connectivity index (χ0n) is 10.9. The molecule has 1 heterocycles. The first-order valence-corrected chi connectivity index (χ1v) is 8.52. The first-order valence-electron chi connectivity index (χ1n) is 5.99. The van der Waals surface area contributed by atoms with E-state index in [4.69, 9.17) is 4.74 Å². The molecule has 1 aromatic heterocycles. The van der Waals surface area contributed by atoms with Gasteiger partial charge in [0.25, 0.3) is 0 Å². The van der Waals surface area contributed by atoms with Crippen LogP contribution in [-0.2, 0) is 22.0 Å². The fourth-order valence-corrected chi connectivity index (χ4v) is 4.81. The van der Waals surface area contributed by atoms with Gasteiger partial charge in [-0.15, -0.1) is 11.3 Å². The van der Waals surface area contributed by atoms with Gasteiger partial charge in [0.05, 0.1) is 12.9 Å². The lowest BCUT2D eigenvalue weighted by Gasteiger charge is -2.07. The van der Waals surface area contributed by atoms with Crippen molar-refractivity contribution in [1.29, 1.82) is 0 Å². The highest BCUT2D eigenvalue weighted by Gasteiger charge is 2.23. The summed E-state index contributed by atoms with van der Waals surface area (Å²) < 4.78 is 30.1. The van der Waals surface area contributed by atoms with Crippen LogP contribution >= 0.6 is 11.3 Å². The Morgan fingerprint density at radius 3 is 2.47 bits per heavy atom. The molecule has 5 heteroatoms. The van der Waals surface area contributed by atoms with Crippen LogP contribution in [0.5, 0.6) is 5.75 Å². The molecule has 0 radical (unpaired) electrons. The van der Waals surface area contributed by atoms with Gasteiger partial charge in [0.2, 0.25) is 0 Å². The highest BCUT2D eigenvalue weighted by molar-refractivity contribution is 7.90. The van der Waals surface area contributed by atoms with Gasteiger partial charge in [0, 0.05) is 10.3 Å². The second kappa shape index (κ2) is 5.75. The normalized spacial score (nSPS) is 11.5. The van der Waals surface area contributed by atoms with E-state index in [-0.39, 0.29) is 5.75 Å². The number of sulfone groups is 1. The van der Waals surface area contributed by atoms with Gasteiger partial charge in [0.1, 0.15) is 4.90 Å². The Balaban J connectivity index is 2.37. The molecule has 102 valence electrons. The maximum atomic E-state index is 12.4. The summed E-state index contributed by atoms with van der Waals surface area (Å²) in [6.45, 7) is 1.99. The molecule has 0 aliphatic rings. The third-order valence-corrected chi connectivity index (χ3v) is 5.79. The minimum Gasteiger partial charge on any atom is -0.494 e. The molecular formula is C14H16O3S2. The van der Waals surface area contributed by atoms with Gasteiger partial charge in [-0.3, -0.25) is 0 Å². The van der Waals surface area contributed by atoms with E-state index in [2.05, 4.69) is 0 Å².